The minimum absolute atomic E-state index is 0.400. The summed E-state index contributed by atoms with van der Waals surface area (Å²) >= 11 is 1.65. The molecule has 0 bridgehead atoms. The van der Waals surface area contributed by atoms with Crippen molar-refractivity contribution < 1.29 is 4.74 Å². The summed E-state index contributed by atoms with van der Waals surface area (Å²) in [5.41, 5.74) is 0. The fraction of sp³-hybridized carbons (Fsp3) is 0.750. The molecule has 0 aliphatic rings. The number of nitrogens with zero attached hydrogens (tertiary/aromatic N) is 3. The van der Waals surface area contributed by atoms with Gasteiger partial charge in [0.25, 0.3) is 0 Å². The van der Waals surface area contributed by atoms with Gasteiger partial charge in [-0.1, -0.05) is 32.5 Å². The molecule has 18 heavy (non-hydrogen) atoms. The predicted molar refractivity (Wildman–Crippen MR) is 75.4 cm³/mol. The van der Waals surface area contributed by atoms with E-state index in [1.165, 1.54) is 0 Å². The quantitative estimate of drug-likeness (QED) is 0.733. The first-order chi connectivity index (χ1) is 8.69. The highest BCUT2D eigenvalue weighted by molar-refractivity contribution is 7.99. The third kappa shape index (κ3) is 5.08. The smallest absolute Gasteiger partial charge is 0.322 e. The van der Waals surface area contributed by atoms with Crippen LogP contribution < -0.4 is 10.1 Å². The second-order valence-electron chi connectivity index (χ2n) is 3.92. The van der Waals surface area contributed by atoms with Gasteiger partial charge in [-0.3, -0.25) is 0 Å². The summed E-state index contributed by atoms with van der Waals surface area (Å²) in [7, 11) is 0. The van der Waals surface area contributed by atoms with Crippen LogP contribution in [0.15, 0.2) is 5.16 Å². The lowest BCUT2D eigenvalue weighted by Gasteiger charge is -2.10. The lowest BCUT2D eigenvalue weighted by molar-refractivity contribution is 0.308. The van der Waals surface area contributed by atoms with Gasteiger partial charge in [0.2, 0.25) is 5.95 Å². The van der Waals surface area contributed by atoms with Gasteiger partial charge in [-0.05, 0) is 19.8 Å². The van der Waals surface area contributed by atoms with Crippen LogP contribution in [0.3, 0.4) is 0 Å². The summed E-state index contributed by atoms with van der Waals surface area (Å²) < 4.78 is 5.37. The second-order valence-corrected chi connectivity index (χ2v) is 5.33. The summed E-state index contributed by atoms with van der Waals surface area (Å²) in [5, 5.41) is 4.38. The highest BCUT2D eigenvalue weighted by Crippen LogP contribution is 2.23. The lowest BCUT2D eigenvalue weighted by Crippen LogP contribution is -2.09. The van der Waals surface area contributed by atoms with E-state index in [0.717, 1.165) is 24.5 Å². The molecule has 1 heterocycles. The normalized spacial score (nSPS) is 12.2. The van der Waals surface area contributed by atoms with E-state index in [1.54, 1.807) is 11.8 Å². The van der Waals surface area contributed by atoms with Crippen molar-refractivity contribution in [2.45, 2.75) is 50.9 Å². The van der Waals surface area contributed by atoms with Crippen LogP contribution in [0.25, 0.3) is 0 Å². The standard InChI is InChI=1S/C12H22N4OS/c1-5-8-13-10-14-11(17-7-3)16-12(15-10)18-9(4)6-2/h9H,5-8H2,1-4H3,(H,13,14,15,16). The number of thioether (sulfide) groups is 1. The van der Waals surface area contributed by atoms with Crippen LogP contribution in [-0.2, 0) is 0 Å². The number of aromatic nitrogens is 3. The van der Waals surface area contributed by atoms with Crippen molar-refractivity contribution in [2.75, 3.05) is 18.5 Å². The van der Waals surface area contributed by atoms with Crippen molar-refractivity contribution in [3.8, 4) is 6.01 Å². The Morgan fingerprint density at radius 1 is 1.22 bits per heavy atom. The minimum atomic E-state index is 0.400. The van der Waals surface area contributed by atoms with Crippen molar-refractivity contribution in [2.24, 2.45) is 0 Å². The van der Waals surface area contributed by atoms with Gasteiger partial charge in [-0.15, -0.1) is 0 Å². The maximum Gasteiger partial charge on any atom is 0.322 e. The van der Waals surface area contributed by atoms with Gasteiger partial charge in [-0.2, -0.15) is 15.0 Å². The first kappa shape index (κ1) is 15.0. The first-order valence-corrected chi connectivity index (χ1v) is 7.36. The molecule has 0 amide bonds. The molecule has 1 aromatic rings. The SMILES string of the molecule is CCCNc1nc(OCC)nc(SC(C)CC)n1. The Balaban J connectivity index is 2.83. The molecule has 0 aliphatic heterocycles. The van der Waals surface area contributed by atoms with Gasteiger partial charge in [0, 0.05) is 11.8 Å². The molecule has 0 radical (unpaired) electrons. The molecule has 1 atom stereocenters. The van der Waals surface area contributed by atoms with Crippen LogP contribution >= 0.6 is 11.8 Å². The van der Waals surface area contributed by atoms with E-state index < -0.39 is 0 Å². The van der Waals surface area contributed by atoms with E-state index >= 15 is 0 Å². The van der Waals surface area contributed by atoms with E-state index in [1.807, 2.05) is 6.92 Å². The molecule has 102 valence electrons. The molecule has 1 rings (SSSR count). The van der Waals surface area contributed by atoms with Crippen LogP contribution in [0.1, 0.15) is 40.5 Å². The number of anilines is 1. The van der Waals surface area contributed by atoms with Crippen LogP contribution in [0.4, 0.5) is 5.95 Å². The summed E-state index contributed by atoms with van der Waals surface area (Å²) in [5.74, 6) is 0.598. The van der Waals surface area contributed by atoms with E-state index in [4.69, 9.17) is 4.74 Å². The fourth-order valence-corrected chi connectivity index (χ4v) is 1.96. The average molecular weight is 270 g/mol. The summed E-state index contributed by atoms with van der Waals surface area (Å²) in [6.45, 7) is 9.75. The highest BCUT2D eigenvalue weighted by Gasteiger charge is 2.10. The summed E-state index contributed by atoms with van der Waals surface area (Å²) in [6.07, 6.45) is 2.11. The number of hydrogen-bond donors (Lipinski definition) is 1. The van der Waals surface area contributed by atoms with Crippen LogP contribution in [0.2, 0.25) is 0 Å². The molecule has 0 aliphatic carbocycles. The van der Waals surface area contributed by atoms with Crippen molar-refractivity contribution in [3.63, 3.8) is 0 Å². The van der Waals surface area contributed by atoms with Gasteiger partial charge < -0.3 is 10.1 Å². The molecule has 1 unspecified atom stereocenters. The number of rotatable bonds is 8. The summed E-state index contributed by atoms with van der Waals surface area (Å²) in [4.78, 5) is 12.9. The zero-order chi connectivity index (χ0) is 13.4. The largest absolute Gasteiger partial charge is 0.464 e. The molecule has 0 spiro atoms. The Bertz CT molecular complexity index is 362. The Kier molecular flexibility index (Phi) is 6.78. The van der Waals surface area contributed by atoms with E-state index in [2.05, 4.69) is 41.0 Å². The second kappa shape index (κ2) is 8.13. The van der Waals surface area contributed by atoms with Crippen LogP contribution in [0.5, 0.6) is 6.01 Å². The molecule has 0 saturated heterocycles. The fourth-order valence-electron chi connectivity index (χ4n) is 1.16. The minimum Gasteiger partial charge on any atom is -0.464 e. The maximum absolute atomic E-state index is 5.37. The zero-order valence-corrected chi connectivity index (χ0v) is 12.4. The first-order valence-electron chi connectivity index (χ1n) is 6.48. The van der Waals surface area contributed by atoms with Crippen molar-refractivity contribution in [1.82, 2.24) is 15.0 Å². The number of nitrogens with one attached hydrogen (secondary N) is 1. The third-order valence-electron chi connectivity index (χ3n) is 2.28. The maximum atomic E-state index is 5.37. The van der Waals surface area contributed by atoms with Gasteiger partial charge in [0.1, 0.15) is 0 Å². The monoisotopic (exact) mass is 270 g/mol. The lowest BCUT2D eigenvalue weighted by atomic mass is 10.4. The third-order valence-corrected chi connectivity index (χ3v) is 3.41. The highest BCUT2D eigenvalue weighted by atomic mass is 32.2. The van der Waals surface area contributed by atoms with Crippen LogP contribution in [0, 0.1) is 0 Å². The van der Waals surface area contributed by atoms with Crippen LogP contribution in [-0.4, -0.2) is 33.4 Å². The molecule has 5 nitrogen and oxygen atoms in total. The van der Waals surface area contributed by atoms with E-state index in [-0.39, 0.29) is 0 Å². The molecular weight excluding hydrogens is 248 g/mol. The van der Waals surface area contributed by atoms with Gasteiger partial charge >= 0.3 is 6.01 Å². The Labute approximate surface area is 113 Å². The topological polar surface area (TPSA) is 59.9 Å². The van der Waals surface area contributed by atoms with Crippen molar-refractivity contribution in [3.05, 3.63) is 0 Å². The Morgan fingerprint density at radius 3 is 2.61 bits per heavy atom. The Hall–Kier alpha value is -1.04. The predicted octanol–water partition coefficient (Wildman–Crippen LogP) is 2.98. The van der Waals surface area contributed by atoms with Gasteiger partial charge in [-0.25, -0.2) is 0 Å². The van der Waals surface area contributed by atoms with Gasteiger partial charge in [0.15, 0.2) is 5.16 Å². The molecule has 1 aromatic heterocycles. The number of ether oxygens (including phenoxy) is 1. The van der Waals surface area contributed by atoms with Crippen molar-refractivity contribution in [1.29, 1.82) is 0 Å². The summed E-state index contributed by atoms with van der Waals surface area (Å²) in [6, 6.07) is 0.400. The average Bonchev–Trinajstić information content (AvgIpc) is 2.36. The molecular formula is C12H22N4OS. The Morgan fingerprint density at radius 2 is 2.00 bits per heavy atom. The zero-order valence-electron chi connectivity index (χ0n) is 11.6. The molecule has 0 saturated carbocycles. The van der Waals surface area contributed by atoms with Crippen molar-refractivity contribution >= 4 is 17.7 Å². The molecule has 0 aromatic carbocycles. The molecule has 1 N–H and O–H groups in total. The molecule has 6 heteroatoms. The van der Waals surface area contributed by atoms with E-state index in [9.17, 15) is 0 Å². The van der Waals surface area contributed by atoms with Gasteiger partial charge in [0.05, 0.1) is 6.61 Å². The van der Waals surface area contributed by atoms with E-state index in [0.29, 0.717) is 23.8 Å². The number of hydrogen-bond acceptors (Lipinski definition) is 6. The molecule has 0 fully saturated rings.